The summed E-state index contributed by atoms with van der Waals surface area (Å²) in [7, 11) is 1.91. The Morgan fingerprint density at radius 3 is 2.71 bits per heavy atom. The average molecular weight is 192 g/mol. The lowest BCUT2D eigenvalue weighted by atomic mass is 10.0. The van der Waals surface area contributed by atoms with Crippen molar-refractivity contribution < 1.29 is 4.79 Å². The molecule has 3 heteroatoms. The molecule has 0 aliphatic rings. The molecule has 0 radical (unpaired) electrons. The summed E-state index contributed by atoms with van der Waals surface area (Å²) < 4.78 is 0. The van der Waals surface area contributed by atoms with Crippen molar-refractivity contribution in [3.05, 3.63) is 34.9 Å². The Hall–Kier alpha value is -1.35. The number of carbonyl (C=O) groups is 1. The normalized spacial score (nSPS) is 9.86. The molecule has 76 valence electrons. The van der Waals surface area contributed by atoms with Crippen LogP contribution in [0.3, 0.4) is 0 Å². The van der Waals surface area contributed by atoms with E-state index in [2.05, 4.69) is 28.8 Å². The van der Waals surface area contributed by atoms with Crippen molar-refractivity contribution in [1.82, 2.24) is 10.6 Å². The number of rotatable bonds is 5. The molecule has 0 saturated carbocycles. The van der Waals surface area contributed by atoms with Crippen LogP contribution in [0.15, 0.2) is 18.2 Å². The molecule has 3 nitrogen and oxygen atoms in total. The molecule has 14 heavy (non-hydrogen) atoms. The zero-order valence-electron chi connectivity index (χ0n) is 8.63. The van der Waals surface area contributed by atoms with E-state index in [-0.39, 0.29) is 0 Å². The lowest BCUT2D eigenvalue weighted by molar-refractivity contribution is -0.109. The van der Waals surface area contributed by atoms with Crippen LogP contribution in [0.4, 0.5) is 0 Å². The molecule has 0 bridgehead atoms. The number of nitrogens with one attached hydrogen (secondary N) is 2. The van der Waals surface area contributed by atoms with Gasteiger partial charge >= 0.3 is 0 Å². The van der Waals surface area contributed by atoms with E-state index >= 15 is 0 Å². The minimum absolute atomic E-state index is 0.599. The van der Waals surface area contributed by atoms with Gasteiger partial charge in [0.2, 0.25) is 6.41 Å². The van der Waals surface area contributed by atoms with Gasteiger partial charge in [-0.1, -0.05) is 23.8 Å². The highest BCUT2D eigenvalue weighted by atomic mass is 16.1. The first-order valence-electron chi connectivity index (χ1n) is 4.68. The van der Waals surface area contributed by atoms with Crippen molar-refractivity contribution >= 4 is 6.41 Å². The fraction of sp³-hybridized carbons (Fsp3) is 0.364. The van der Waals surface area contributed by atoms with Crippen molar-refractivity contribution in [3.8, 4) is 0 Å². The van der Waals surface area contributed by atoms with Gasteiger partial charge < -0.3 is 10.6 Å². The zero-order valence-corrected chi connectivity index (χ0v) is 8.63. The van der Waals surface area contributed by atoms with Gasteiger partial charge in [0.15, 0.2) is 0 Å². The first-order valence-corrected chi connectivity index (χ1v) is 4.68. The number of aryl methyl sites for hydroxylation is 1. The quantitative estimate of drug-likeness (QED) is 0.682. The molecule has 0 spiro atoms. The monoisotopic (exact) mass is 192 g/mol. The van der Waals surface area contributed by atoms with Gasteiger partial charge in [0.25, 0.3) is 0 Å². The van der Waals surface area contributed by atoms with Crippen molar-refractivity contribution in [1.29, 1.82) is 0 Å². The molecule has 1 rings (SSSR count). The Bertz CT molecular complexity index is 310. The first-order chi connectivity index (χ1) is 6.77. The molecule has 0 atom stereocenters. The number of hydrogen-bond acceptors (Lipinski definition) is 2. The van der Waals surface area contributed by atoms with E-state index in [0.717, 1.165) is 13.0 Å². The Balaban J connectivity index is 2.84. The summed E-state index contributed by atoms with van der Waals surface area (Å²) in [6.07, 6.45) is 0.728. The molecule has 1 amide bonds. The summed E-state index contributed by atoms with van der Waals surface area (Å²) >= 11 is 0. The largest absolute Gasteiger partial charge is 0.355 e. The maximum Gasteiger partial charge on any atom is 0.207 e. The summed E-state index contributed by atoms with van der Waals surface area (Å²) in [5.41, 5.74) is 3.62. The Kier molecular flexibility index (Phi) is 4.13. The molecule has 0 aliphatic heterocycles. The number of carbonyl (C=O) groups excluding carboxylic acids is 1. The van der Waals surface area contributed by atoms with E-state index in [1.54, 1.807) is 0 Å². The maximum atomic E-state index is 10.2. The highest BCUT2D eigenvalue weighted by Crippen LogP contribution is 2.11. The third-order valence-electron chi connectivity index (χ3n) is 2.10. The van der Waals surface area contributed by atoms with E-state index in [0.29, 0.717) is 6.54 Å². The highest BCUT2D eigenvalue weighted by Gasteiger charge is 2.00. The van der Waals surface area contributed by atoms with Crippen molar-refractivity contribution in [2.24, 2.45) is 0 Å². The summed E-state index contributed by atoms with van der Waals surface area (Å²) in [5.74, 6) is 0. The molecular formula is C11H16N2O. The van der Waals surface area contributed by atoms with Gasteiger partial charge in [0, 0.05) is 13.1 Å². The molecule has 2 N–H and O–H groups in total. The summed E-state index contributed by atoms with van der Waals surface area (Å²) in [5, 5.41) is 5.79. The van der Waals surface area contributed by atoms with Crippen LogP contribution in [0.5, 0.6) is 0 Å². The summed E-state index contributed by atoms with van der Waals surface area (Å²) in [4.78, 5) is 10.2. The van der Waals surface area contributed by atoms with E-state index in [1.807, 2.05) is 14.0 Å². The smallest absolute Gasteiger partial charge is 0.207 e. The van der Waals surface area contributed by atoms with Crippen LogP contribution in [-0.4, -0.2) is 13.5 Å². The summed E-state index contributed by atoms with van der Waals surface area (Å²) in [6, 6.07) is 6.27. The van der Waals surface area contributed by atoms with Crippen LogP contribution < -0.4 is 10.6 Å². The van der Waals surface area contributed by atoms with Crippen LogP contribution in [0.25, 0.3) is 0 Å². The highest BCUT2D eigenvalue weighted by molar-refractivity contribution is 5.47. The van der Waals surface area contributed by atoms with E-state index in [9.17, 15) is 4.79 Å². The van der Waals surface area contributed by atoms with Crippen molar-refractivity contribution in [3.63, 3.8) is 0 Å². The van der Waals surface area contributed by atoms with E-state index in [4.69, 9.17) is 0 Å². The Morgan fingerprint density at radius 1 is 1.29 bits per heavy atom. The summed E-state index contributed by atoms with van der Waals surface area (Å²) in [6.45, 7) is 3.48. The lowest BCUT2D eigenvalue weighted by Gasteiger charge is -2.09. The van der Waals surface area contributed by atoms with Gasteiger partial charge in [-0.3, -0.25) is 4.79 Å². The minimum Gasteiger partial charge on any atom is -0.355 e. The fourth-order valence-electron chi connectivity index (χ4n) is 1.43. The van der Waals surface area contributed by atoms with Crippen LogP contribution >= 0.6 is 0 Å². The standard InChI is InChI=1S/C11H16N2O/c1-9-3-4-10(6-12-2)11(5-9)7-13-8-14/h3-5,8,12H,6-7H2,1-2H3,(H,13,14). The molecule has 1 aromatic rings. The van der Waals surface area contributed by atoms with Gasteiger partial charge in [-0.2, -0.15) is 0 Å². The molecule has 0 saturated heterocycles. The molecule has 1 aromatic carbocycles. The lowest BCUT2D eigenvalue weighted by Crippen LogP contribution is -2.14. The van der Waals surface area contributed by atoms with Gasteiger partial charge in [0.1, 0.15) is 0 Å². The molecule has 0 unspecified atom stereocenters. The van der Waals surface area contributed by atoms with Crippen LogP contribution in [0.2, 0.25) is 0 Å². The molecule has 0 fully saturated rings. The molecular weight excluding hydrogens is 176 g/mol. The van der Waals surface area contributed by atoms with Gasteiger partial charge in [-0.25, -0.2) is 0 Å². The third kappa shape index (κ3) is 2.85. The van der Waals surface area contributed by atoms with E-state index < -0.39 is 0 Å². The molecule has 0 aromatic heterocycles. The number of benzene rings is 1. The van der Waals surface area contributed by atoms with Gasteiger partial charge in [-0.15, -0.1) is 0 Å². The van der Waals surface area contributed by atoms with Crippen molar-refractivity contribution in [2.75, 3.05) is 7.05 Å². The second-order valence-electron chi connectivity index (χ2n) is 3.30. The second kappa shape index (κ2) is 5.40. The SMILES string of the molecule is CNCc1ccc(C)cc1CNC=O. The maximum absolute atomic E-state index is 10.2. The molecule has 0 aliphatic carbocycles. The van der Waals surface area contributed by atoms with E-state index in [1.165, 1.54) is 16.7 Å². The first kappa shape index (κ1) is 10.7. The number of amides is 1. The van der Waals surface area contributed by atoms with Crippen LogP contribution in [0.1, 0.15) is 16.7 Å². The minimum atomic E-state index is 0.599. The Labute approximate surface area is 84.5 Å². The topological polar surface area (TPSA) is 41.1 Å². The number of hydrogen-bond donors (Lipinski definition) is 2. The third-order valence-corrected chi connectivity index (χ3v) is 2.10. The van der Waals surface area contributed by atoms with Crippen LogP contribution in [0, 0.1) is 6.92 Å². The fourth-order valence-corrected chi connectivity index (χ4v) is 1.43. The second-order valence-corrected chi connectivity index (χ2v) is 3.30. The van der Waals surface area contributed by atoms with Crippen molar-refractivity contribution in [2.45, 2.75) is 20.0 Å². The predicted octanol–water partition coefficient (Wildman–Crippen LogP) is 0.960. The van der Waals surface area contributed by atoms with Gasteiger partial charge in [0.05, 0.1) is 0 Å². The van der Waals surface area contributed by atoms with Gasteiger partial charge in [-0.05, 0) is 25.1 Å². The molecule has 0 heterocycles. The van der Waals surface area contributed by atoms with Crippen LogP contribution in [-0.2, 0) is 17.9 Å². The Morgan fingerprint density at radius 2 is 2.07 bits per heavy atom. The average Bonchev–Trinajstić information content (AvgIpc) is 2.18. The zero-order chi connectivity index (χ0) is 10.4. The predicted molar refractivity (Wildman–Crippen MR) is 56.8 cm³/mol.